The van der Waals surface area contributed by atoms with Gasteiger partial charge in [-0.1, -0.05) is 0 Å². The highest BCUT2D eigenvalue weighted by molar-refractivity contribution is 5.83. The first-order valence-electron chi connectivity index (χ1n) is 5.98. The number of rotatable bonds is 3. The van der Waals surface area contributed by atoms with Crippen molar-refractivity contribution in [1.29, 1.82) is 0 Å². The Morgan fingerprint density at radius 2 is 2.12 bits per heavy atom. The number of carbonyl (C=O) groups excluding carboxylic acids is 1. The molecule has 1 fully saturated rings. The van der Waals surface area contributed by atoms with Crippen LogP contribution in [0, 0.1) is 13.8 Å². The fourth-order valence-corrected chi connectivity index (χ4v) is 2.31. The highest BCUT2D eigenvalue weighted by atomic mass is 16.2. The number of likely N-dealkylation sites (N-methyl/N-ethyl adjacent to an activating group) is 1. The minimum atomic E-state index is -0.0287. The van der Waals surface area contributed by atoms with E-state index in [9.17, 15) is 4.79 Å². The number of amides is 1. The van der Waals surface area contributed by atoms with Gasteiger partial charge in [0.05, 0.1) is 11.7 Å². The minimum Gasteiger partial charge on any atom is -0.344 e. The Bertz CT molecular complexity index is 438. The topological polar surface area (TPSA) is 50.2 Å². The summed E-state index contributed by atoms with van der Waals surface area (Å²) in [6, 6.07) is -0.0287. The van der Waals surface area contributed by atoms with E-state index in [0.29, 0.717) is 0 Å². The van der Waals surface area contributed by atoms with E-state index in [1.165, 1.54) is 5.56 Å². The molecule has 5 nitrogen and oxygen atoms in total. The summed E-state index contributed by atoms with van der Waals surface area (Å²) in [5.41, 5.74) is 3.40. The molecule has 0 radical (unpaired) electrons. The van der Waals surface area contributed by atoms with Gasteiger partial charge in [-0.2, -0.15) is 5.10 Å². The van der Waals surface area contributed by atoms with E-state index >= 15 is 0 Å². The third kappa shape index (κ3) is 2.20. The number of carbonyl (C=O) groups is 1. The Morgan fingerprint density at radius 3 is 2.59 bits per heavy atom. The number of likely N-dealkylation sites (tertiary alicyclic amines) is 1. The predicted molar refractivity (Wildman–Crippen MR) is 65.6 cm³/mol. The molecule has 2 rings (SSSR count). The third-order valence-corrected chi connectivity index (χ3v) is 3.61. The normalized spacial score (nSPS) is 20.4. The molecule has 0 aliphatic carbocycles. The van der Waals surface area contributed by atoms with Gasteiger partial charge in [-0.05, 0) is 20.3 Å². The van der Waals surface area contributed by atoms with Crippen LogP contribution in [0.1, 0.15) is 23.4 Å². The number of aromatic nitrogens is 2. The Morgan fingerprint density at radius 1 is 1.41 bits per heavy atom. The lowest BCUT2D eigenvalue weighted by molar-refractivity contribution is -0.128. The molecule has 94 valence electrons. The Hall–Kier alpha value is -1.36. The van der Waals surface area contributed by atoms with Crippen molar-refractivity contribution in [3.63, 3.8) is 0 Å². The van der Waals surface area contributed by atoms with Crippen LogP contribution in [0.4, 0.5) is 0 Å². The smallest absolute Gasteiger partial charge is 0.239 e. The van der Waals surface area contributed by atoms with Crippen LogP contribution < -0.4 is 5.32 Å². The fourth-order valence-electron chi connectivity index (χ4n) is 2.31. The quantitative estimate of drug-likeness (QED) is 0.824. The van der Waals surface area contributed by atoms with Gasteiger partial charge < -0.3 is 10.2 Å². The molecule has 17 heavy (non-hydrogen) atoms. The summed E-state index contributed by atoms with van der Waals surface area (Å²) in [6.45, 7) is 5.63. The monoisotopic (exact) mass is 236 g/mol. The summed E-state index contributed by atoms with van der Waals surface area (Å²) in [7, 11) is 3.80. The molecular formula is C12H20N4O. The summed E-state index contributed by atoms with van der Waals surface area (Å²) in [5.74, 6) is 0.198. The molecule has 0 spiro atoms. The lowest BCUT2D eigenvalue weighted by Crippen LogP contribution is -2.36. The number of hydrogen-bond donors (Lipinski definition) is 1. The van der Waals surface area contributed by atoms with E-state index in [4.69, 9.17) is 0 Å². The van der Waals surface area contributed by atoms with Crippen molar-refractivity contribution in [2.24, 2.45) is 7.05 Å². The Kier molecular flexibility index (Phi) is 3.19. The molecular weight excluding hydrogens is 216 g/mol. The maximum Gasteiger partial charge on any atom is 0.239 e. The van der Waals surface area contributed by atoms with E-state index in [2.05, 4.69) is 17.3 Å². The number of aryl methyl sites for hydroxylation is 2. The van der Waals surface area contributed by atoms with Crippen molar-refractivity contribution in [2.75, 3.05) is 13.6 Å². The van der Waals surface area contributed by atoms with Crippen molar-refractivity contribution in [3.8, 4) is 0 Å². The number of nitrogens with one attached hydrogen (secondary N) is 1. The number of hydrogen-bond acceptors (Lipinski definition) is 3. The molecule has 1 saturated heterocycles. The highest BCUT2D eigenvalue weighted by Gasteiger charge is 2.28. The van der Waals surface area contributed by atoms with Gasteiger partial charge in [0.2, 0.25) is 5.91 Å². The van der Waals surface area contributed by atoms with Crippen molar-refractivity contribution in [3.05, 3.63) is 17.0 Å². The standard InChI is InChI=1S/C12H20N4O/c1-8-10(9(2)16(4)14-8)7-13-11-5-6-15(3)12(11)17/h11,13H,5-7H2,1-4H3. The van der Waals surface area contributed by atoms with Crippen molar-refractivity contribution < 1.29 is 4.79 Å². The van der Waals surface area contributed by atoms with Gasteiger partial charge in [0.1, 0.15) is 0 Å². The molecule has 1 aromatic heterocycles. The molecule has 1 atom stereocenters. The first kappa shape index (κ1) is 12.1. The molecule has 0 aromatic carbocycles. The molecule has 1 unspecified atom stereocenters. The van der Waals surface area contributed by atoms with Crippen molar-refractivity contribution in [2.45, 2.75) is 32.9 Å². The molecule has 1 amide bonds. The number of nitrogens with zero attached hydrogens (tertiary/aromatic N) is 3. The minimum absolute atomic E-state index is 0.0287. The lowest BCUT2D eigenvalue weighted by Gasteiger charge is -2.12. The largest absolute Gasteiger partial charge is 0.344 e. The van der Waals surface area contributed by atoms with Gasteiger partial charge in [0.15, 0.2) is 0 Å². The van der Waals surface area contributed by atoms with E-state index in [1.807, 2.05) is 25.7 Å². The van der Waals surface area contributed by atoms with E-state index in [-0.39, 0.29) is 11.9 Å². The molecule has 0 bridgehead atoms. The summed E-state index contributed by atoms with van der Waals surface area (Å²) in [4.78, 5) is 13.5. The average molecular weight is 236 g/mol. The van der Waals surface area contributed by atoms with Gasteiger partial charge in [0.25, 0.3) is 0 Å². The maximum absolute atomic E-state index is 11.7. The summed E-state index contributed by atoms with van der Waals surface area (Å²) < 4.78 is 1.88. The van der Waals surface area contributed by atoms with Crippen LogP contribution >= 0.6 is 0 Å². The second-order valence-electron chi connectivity index (χ2n) is 4.75. The van der Waals surface area contributed by atoms with Crippen LogP contribution in [0.2, 0.25) is 0 Å². The van der Waals surface area contributed by atoms with Crippen LogP contribution in [0.3, 0.4) is 0 Å². The molecule has 5 heteroatoms. The second kappa shape index (κ2) is 4.49. The van der Waals surface area contributed by atoms with Crippen LogP contribution in [0.5, 0.6) is 0 Å². The Balaban J connectivity index is 2.01. The zero-order valence-electron chi connectivity index (χ0n) is 10.9. The van der Waals surface area contributed by atoms with Crippen molar-refractivity contribution >= 4 is 5.91 Å². The van der Waals surface area contributed by atoms with Gasteiger partial charge in [-0.25, -0.2) is 0 Å². The summed E-state index contributed by atoms with van der Waals surface area (Å²) in [5, 5.41) is 7.70. The van der Waals surface area contributed by atoms with Crippen LogP contribution in [-0.4, -0.2) is 40.2 Å². The van der Waals surface area contributed by atoms with Gasteiger partial charge >= 0.3 is 0 Å². The molecule has 1 aliphatic rings. The van der Waals surface area contributed by atoms with Crippen LogP contribution in [0.15, 0.2) is 0 Å². The second-order valence-corrected chi connectivity index (χ2v) is 4.75. The lowest BCUT2D eigenvalue weighted by atomic mass is 10.1. The summed E-state index contributed by atoms with van der Waals surface area (Å²) >= 11 is 0. The van der Waals surface area contributed by atoms with Gasteiger partial charge in [0, 0.05) is 38.4 Å². The first-order chi connectivity index (χ1) is 8.00. The third-order valence-electron chi connectivity index (χ3n) is 3.61. The fraction of sp³-hybridized carbons (Fsp3) is 0.667. The van der Waals surface area contributed by atoms with Crippen molar-refractivity contribution in [1.82, 2.24) is 20.0 Å². The molecule has 0 saturated carbocycles. The van der Waals surface area contributed by atoms with Crippen LogP contribution in [0.25, 0.3) is 0 Å². The van der Waals surface area contributed by atoms with Crippen LogP contribution in [-0.2, 0) is 18.4 Å². The molecule has 1 aliphatic heterocycles. The molecule has 2 heterocycles. The summed E-state index contributed by atoms with van der Waals surface area (Å²) in [6.07, 6.45) is 0.897. The van der Waals surface area contributed by atoms with E-state index in [1.54, 1.807) is 4.90 Å². The average Bonchev–Trinajstić information content (AvgIpc) is 2.71. The van der Waals surface area contributed by atoms with Gasteiger partial charge in [-0.15, -0.1) is 0 Å². The Labute approximate surface area is 102 Å². The van der Waals surface area contributed by atoms with E-state index < -0.39 is 0 Å². The SMILES string of the molecule is Cc1nn(C)c(C)c1CNC1CCN(C)C1=O. The predicted octanol–water partition coefficient (Wildman–Crippen LogP) is 0.357. The zero-order chi connectivity index (χ0) is 12.6. The zero-order valence-corrected chi connectivity index (χ0v) is 10.9. The molecule has 1 N–H and O–H groups in total. The van der Waals surface area contributed by atoms with Gasteiger partial charge in [-0.3, -0.25) is 9.48 Å². The van der Waals surface area contributed by atoms with E-state index in [0.717, 1.165) is 30.9 Å². The maximum atomic E-state index is 11.7. The molecule has 1 aromatic rings. The highest BCUT2D eigenvalue weighted by Crippen LogP contribution is 2.14. The first-order valence-corrected chi connectivity index (χ1v) is 5.98.